The third-order valence-electron chi connectivity index (χ3n) is 6.40. The van der Waals surface area contributed by atoms with Crippen molar-refractivity contribution < 1.29 is 4.39 Å². The van der Waals surface area contributed by atoms with E-state index >= 15 is 0 Å². The number of anilines is 1. The van der Waals surface area contributed by atoms with Crippen LogP contribution in [0.5, 0.6) is 0 Å². The topological polar surface area (TPSA) is 33.1 Å². The number of thiocarbonyl (C=S) groups is 1. The van der Waals surface area contributed by atoms with E-state index in [2.05, 4.69) is 46.6 Å². The smallest absolute Gasteiger partial charge is 0.174 e. The molecule has 0 saturated carbocycles. The molecule has 4 nitrogen and oxygen atoms in total. The maximum atomic E-state index is 13.7. The minimum Gasteiger partial charge on any atom is -0.351 e. The lowest BCUT2D eigenvalue weighted by molar-refractivity contribution is 0.565. The van der Waals surface area contributed by atoms with E-state index in [0.29, 0.717) is 10.1 Å². The largest absolute Gasteiger partial charge is 0.351 e. The van der Waals surface area contributed by atoms with Crippen molar-refractivity contribution >= 4 is 34.6 Å². The van der Waals surface area contributed by atoms with Gasteiger partial charge in [-0.3, -0.25) is 4.98 Å². The van der Waals surface area contributed by atoms with Crippen LogP contribution in [0.25, 0.3) is 5.69 Å². The minimum atomic E-state index is -0.283. The number of pyridine rings is 1. The Labute approximate surface area is 209 Å². The van der Waals surface area contributed by atoms with E-state index in [9.17, 15) is 4.39 Å². The van der Waals surface area contributed by atoms with Gasteiger partial charge in [0.15, 0.2) is 5.11 Å². The third-order valence-corrected chi connectivity index (χ3v) is 6.95. The predicted octanol–water partition coefficient (Wildman–Crippen LogP) is 6.77. The number of hydrogen-bond acceptors (Lipinski definition) is 2. The molecule has 0 amide bonds. The molecule has 1 aliphatic heterocycles. The fourth-order valence-corrected chi connectivity index (χ4v) is 5.34. The first-order valence-corrected chi connectivity index (χ1v) is 11.9. The fourth-order valence-electron chi connectivity index (χ4n) is 4.83. The molecule has 0 unspecified atom stereocenters. The van der Waals surface area contributed by atoms with Crippen LogP contribution < -0.4 is 10.2 Å². The Hall–Kier alpha value is -3.22. The van der Waals surface area contributed by atoms with E-state index in [1.807, 2.05) is 36.4 Å². The highest BCUT2D eigenvalue weighted by molar-refractivity contribution is 7.80. The number of halogens is 2. The highest BCUT2D eigenvalue weighted by atomic mass is 35.5. The zero-order valence-corrected chi connectivity index (χ0v) is 20.7. The quantitative estimate of drug-likeness (QED) is 0.320. The lowest BCUT2D eigenvalue weighted by Gasteiger charge is -2.28. The van der Waals surface area contributed by atoms with Crippen LogP contribution in [0.2, 0.25) is 5.02 Å². The van der Waals surface area contributed by atoms with E-state index in [-0.39, 0.29) is 17.9 Å². The van der Waals surface area contributed by atoms with Crippen molar-refractivity contribution in [3.63, 3.8) is 0 Å². The molecule has 0 radical (unpaired) electrons. The number of nitrogens with one attached hydrogen (secondary N) is 1. The molecule has 2 aromatic carbocycles. The Balaban J connectivity index is 1.70. The van der Waals surface area contributed by atoms with Gasteiger partial charge in [0.25, 0.3) is 0 Å². The van der Waals surface area contributed by atoms with Gasteiger partial charge in [-0.15, -0.1) is 0 Å². The van der Waals surface area contributed by atoms with Crippen LogP contribution in [0.4, 0.5) is 10.1 Å². The molecule has 1 N–H and O–H groups in total. The van der Waals surface area contributed by atoms with Crippen LogP contribution in [-0.4, -0.2) is 14.7 Å². The van der Waals surface area contributed by atoms with E-state index in [1.54, 1.807) is 18.3 Å². The lowest BCUT2D eigenvalue weighted by Crippen LogP contribution is -2.29. The van der Waals surface area contributed by atoms with Crippen molar-refractivity contribution in [3.8, 4) is 5.69 Å². The first kappa shape index (κ1) is 22.6. The predicted molar refractivity (Wildman–Crippen MR) is 139 cm³/mol. The molecule has 1 aliphatic rings. The second-order valence-corrected chi connectivity index (χ2v) is 9.39. The van der Waals surface area contributed by atoms with Gasteiger partial charge in [-0.2, -0.15) is 0 Å². The molecule has 1 saturated heterocycles. The van der Waals surface area contributed by atoms with Crippen molar-refractivity contribution in [3.05, 3.63) is 112 Å². The Bertz CT molecular complexity index is 1370. The molecule has 0 bridgehead atoms. The lowest BCUT2D eigenvalue weighted by atomic mass is 9.96. The number of hydrogen-bond donors (Lipinski definition) is 1. The van der Waals surface area contributed by atoms with Crippen molar-refractivity contribution in [2.45, 2.75) is 32.9 Å². The van der Waals surface area contributed by atoms with Crippen molar-refractivity contribution in [1.82, 2.24) is 14.9 Å². The minimum absolute atomic E-state index is 0.173. The van der Waals surface area contributed by atoms with Gasteiger partial charge in [0.1, 0.15) is 5.82 Å². The average molecular weight is 491 g/mol. The molecule has 0 spiro atoms. The molecular formula is C27H24ClFN4S. The fraction of sp³-hybridized carbons (Fsp3) is 0.185. The van der Waals surface area contributed by atoms with Gasteiger partial charge in [-0.05, 0) is 98.7 Å². The maximum absolute atomic E-state index is 13.7. The van der Waals surface area contributed by atoms with E-state index in [4.69, 9.17) is 23.8 Å². The van der Waals surface area contributed by atoms with E-state index in [1.165, 1.54) is 12.1 Å². The molecule has 2 atom stereocenters. The van der Waals surface area contributed by atoms with E-state index < -0.39 is 0 Å². The number of benzene rings is 2. The summed E-state index contributed by atoms with van der Waals surface area (Å²) in [5.74, 6) is -0.283. The number of aryl methyl sites for hydroxylation is 2. The zero-order chi connectivity index (χ0) is 24.0. The van der Waals surface area contributed by atoms with Crippen LogP contribution in [0.15, 0.2) is 72.9 Å². The van der Waals surface area contributed by atoms with Gasteiger partial charge >= 0.3 is 0 Å². The first-order chi connectivity index (χ1) is 16.3. The molecule has 0 aliphatic carbocycles. The van der Waals surface area contributed by atoms with Gasteiger partial charge in [0, 0.05) is 34.0 Å². The van der Waals surface area contributed by atoms with Gasteiger partial charge in [0.05, 0.1) is 17.8 Å². The summed E-state index contributed by atoms with van der Waals surface area (Å²) in [5.41, 5.74) is 7.19. The van der Waals surface area contributed by atoms with Crippen molar-refractivity contribution in [2.24, 2.45) is 0 Å². The summed E-state index contributed by atoms with van der Waals surface area (Å²) < 4.78 is 16.0. The summed E-state index contributed by atoms with van der Waals surface area (Å²) in [6.45, 7) is 6.29. The van der Waals surface area contributed by atoms with Crippen LogP contribution in [0, 0.1) is 26.6 Å². The Morgan fingerprint density at radius 2 is 1.76 bits per heavy atom. The third kappa shape index (κ3) is 3.87. The standard InChI is InChI=1S/C27H24ClFN4S/c1-16-7-8-19(28)15-24(16)32-17(2)14-22(18(32)3)26-25(23-6-4-5-13-30-23)31-27(34)33(26)21-11-9-20(29)10-12-21/h4-15,25-26H,1-3H3,(H,31,34)/t25-,26+/m0/s1. The molecule has 4 aromatic rings. The first-order valence-electron chi connectivity index (χ1n) is 11.1. The van der Waals surface area contributed by atoms with Crippen LogP contribution in [0.1, 0.15) is 40.3 Å². The molecule has 172 valence electrons. The number of rotatable bonds is 4. The number of aromatic nitrogens is 2. The van der Waals surface area contributed by atoms with E-state index in [0.717, 1.165) is 39.6 Å². The summed E-state index contributed by atoms with van der Waals surface area (Å²) in [6, 6.07) is 20.1. The summed E-state index contributed by atoms with van der Waals surface area (Å²) >= 11 is 12.1. The summed E-state index contributed by atoms with van der Waals surface area (Å²) in [4.78, 5) is 6.68. The monoisotopic (exact) mass is 490 g/mol. The Morgan fingerprint density at radius 3 is 2.47 bits per heavy atom. The highest BCUT2D eigenvalue weighted by Gasteiger charge is 2.42. The summed E-state index contributed by atoms with van der Waals surface area (Å²) in [7, 11) is 0. The van der Waals surface area contributed by atoms with Gasteiger partial charge < -0.3 is 14.8 Å². The molecule has 2 aromatic heterocycles. The second kappa shape index (κ2) is 8.85. The second-order valence-electron chi connectivity index (χ2n) is 8.57. The zero-order valence-electron chi connectivity index (χ0n) is 19.1. The Kier molecular flexibility index (Phi) is 5.88. The average Bonchev–Trinajstić information content (AvgIpc) is 3.32. The van der Waals surface area contributed by atoms with Gasteiger partial charge in [-0.1, -0.05) is 23.7 Å². The molecule has 7 heteroatoms. The van der Waals surface area contributed by atoms with Crippen molar-refractivity contribution in [2.75, 3.05) is 4.90 Å². The van der Waals surface area contributed by atoms with Gasteiger partial charge in [0.2, 0.25) is 0 Å². The van der Waals surface area contributed by atoms with Crippen LogP contribution in [0.3, 0.4) is 0 Å². The maximum Gasteiger partial charge on any atom is 0.174 e. The Morgan fingerprint density at radius 1 is 1.00 bits per heavy atom. The van der Waals surface area contributed by atoms with Crippen LogP contribution in [-0.2, 0) is 0 Å². The van der Waals surface area contributed by atoms with Crippen molar-refractivity contribution in [1.29, 1.82) is 0 Å². The normalized spacial score (nSPS) is 17.8. The highest BCUT2D eigenvalue weighted by Crippen LogP contribution is 2.44. The molecular weight excluding hydrogens is 467 g/mol. The molecule has 3 heterocycles. The summed E-state index contributed by atoms with van der Waals surface area (Å²) in [6.07, 6.45) is 1.79. The van der Waals surface area contributed by atoms with Crippen LogP contribution >= 0.6 is 23.8 Å². The SMILES string of the molecule is Cc1ccc(Cl)cc1-n1c(C)cc([C@@H]2[C@H](c3ccccn3)NC(=S)N2c2ccc(F)cc2)c1C. The number of nitrogens with zero attached hydrogens (tertiary/aromatic N) is 3. The molecule has 34 heavy (non-hydrogen) atoms. The molecule has 1 fully saturated rings. The molecule has 5 rings (SSSR count). The summed E-state index contributed by atoms with van der Waals surface area (Å²) in [5, 5.41) is 4.74. The van der Waals surface area contributed by atoms with Gasteiger partial charge in [-0.25, -0.2) is 4.39 Å².